The standard InChI is InChI=1S/C30H32FN3O2/c1-22-11-13-23(14-12-22)29(35)34-15-5-8-26(21-34)24-6-4-7-25(20-24)30(36)33-18-16-32(17-19-33)28-10-3-2-9-27(28)31/h2-4,6-7,9-14,20,26H,5,8,15-19,21H2,1H3/t26-/m1/s1. The molecule has 0 saturated carbocycles. The maximum Gasteiger partial charge on any atom is 0.253 e. The number of carbonyl (C=O) groups is 2. The van der Waals surface area contributed by atoms with E-state index in [1.165, 1.54) is 6.07 Å². The number of para-hydroxylation sites is 1. The fourth-order valence-corrected chi connectivity index (χ4v) is 5.28. The first kappa shape index (κ1) is 24.0. The molecular weight excluding hydrogens is 453 g/mol. The number of rotatable bonds is 4. The molecule has 0 bridgehead atoms. The Hall–Kier alpha value is -3.67. The molecule has 186 valence electrons. The lowest BCUT2D eigenvalue weighted by Gasteiger charge is -2.36. The molecule has 0 aromatic heterocycles. The van der Waals surface area contributed by atoms with Crippen LogP contribution in [-0.4, -0.2) is 60.9 Å². The molecular formula is C30H32FN3O2. The van der Waals surface area contributed by atoms with Gasteiger partial charge in [0.2, 0.25) is 0 Å². The van der Waals surface area contributed by atoms with Crippen molar-refractivity contribution < 1.29 is 14.0 Å². The predicted molar refractivity (Wildman–Crippen MR) is 140 cm³/mol. The van der Waals surface area contributed by atoms with Gasteiger partial charge in [-0.05, 0) is 61.7 Å². The molecule has 0 spiro atoms. The van der Waals surface area contributed by atoms with Gasteiger partial charge in [0.05, 0.1) is 5.69 Å². The minimum atomic E-state index is -0.229. The van der Waals surface area contributed by atoms with Crippen LogP contribution >= 0.6 is 0 Å². The van der Waals surface area contributed by atoms with Crippen LogP contribution < -0.4 is 4.90 Å². The third kappa shape index (κ3) is 5.13. The van der Waals surface area contributed by atoms with E-state index < -0.39 is 0 Å². The molecule has 5 nitrogen and oxygen atoms in total. The Morgan fingerprint density at radius 2 is 1.50 bits per heavy atom. The van der Waals surface area contributed by atoms with Crippen molar-refractivity contribution in [2.75, 3.05) is 44.2 Å². The quantitative estimate of drug-likeness (QED) is 0.516. The van der Waals surface area contributed by atoms with Crippen molar-refractivity contribution >= 4 is 17.5 Å². The number of hydrogen-bond acceptors (Lipinski definition) is 3. The molecule has 0 aliphatic carbocycles. The fourth-order valence-electron chi connectivity index (χ4n) is 5.28. The first-order chi connectivity index (χ1) is 17.5. The van der Waals surface area contributed by atoms with Crippen molar-refractivity contribution in [1.29, 1.82) is 0 Å². The lowest BCUT2D eigenvalue weighted by Crippen LogP contribution is -2.49. The normalized spacial score (nSPS) is 18.3. The van der Waals surface area contributed by atoms with Crippen molar-refractivity contribution in [2.45, 2.75) is 25.7 Å². The largest absolute Gasteiger partial charge is 0.366 e. The molecule has 0 unspecified atom stereocenters. The minimum absolute atomic E-state index is 0.00781. The van der Waals surface area contributed by atoms with Crippen molar-refractivity contribution in [3.05, 3.63) is 101 Å². The molecule has 36 heavy (non-hydrogen) atoms. The topological polar surface area (TPSA) is 43.9 Å². The SMILES string of the molecule is Cc1ccc(C(=O)N2CCC[C@@H](c3cccc(C(=O)N4CCN(c5ccccc5F)CC4)c3)C2)cc1. The summed E-state index contributed by atoms with van der Waals surface area (Å²) in [5.41, 5.74) is 4.23. The van der Waals surface area contributed by atoms with Crippen LogP contribution in [0.2, 0.25) is 0 Å². The van der Waals surface area contributed by atoms with Crippen LogP contribution in [0.1, 0.15) is 50.6 Å². The zero-order valence-corrected chi connectivity index (χ0v) is 20.7. The summed E-state index contributed by atoms with van der Waals surface area (Å²) in [7, 11) is 0. The number of likely N-dealkylation sites (tertiary alicyclic amines) is 1. The maximum atomic E-state index is 14.2. The highest BCUT2D eigenvalue weighted by Gasteiger charge is 2.27. The van der Waals surface area contributed by atoms with Gasteiger partial charge in [0.15, 0.2) is 0 Å². The highest BCUT2D eigenvalue weighted by molar-refractivity contribution is 5.95. The van der Waals surface area contributed by atoms with E-state index in [0.29, 0.717) is 44.0 Å². The third-order valence-corrected chi connectivity index (χ3v) is 7.37. The summed E-state index contributed by atoms with van der Waals surface area (Å²) in [6, 6.07) is 22.4. The van der Waals surface area contributed by atoms with E-state index in [9.17, 15) is 14.0 Å². The van der Waals surface area contributed by atoms with E-state index in [4.69, 9.17) is 0 Å². The number of amides is 2. The van der Waals surface area contributed by atoms with Crippen LogP contribution in [-0.2, 0) is 0 Å². The molecule has 2 saturated heterocycles. The highest BCUT2D eigenvalue weighted by Crippen LogP contribution is 2.29. The molecule has 2 amide bonds. The number of anilines is 1. The summed E-state index contributed by atoms with van der Waals surface area (Å²) in [5.74, 6) is 0.0549. The lowest BCUT2D eigenvalue weighted by atomic mass is 9.89. The number of carbonyl (C=O) groups excluding carboxylic acids is 2. The molecule has 2 fully saturated rings. The second kappa shape index (κ2) is 10.5. The summed E-state index contributed by atoms with van der Waals surface area (Å²) in [4.78, 5) is 32.1. The Kier molecular flexibility index (Phi) is 7.03. The van der Waals surface area contributed by atoms with Gasteiger partial charge < -0.3 is 14.7 Å². The number of aryl methyl sites for hydroxylation is 1. The number of piperazine rings is 1. The minimum Gasteiger partial charge on any atom is -0.366 e. The summed E-state index contributed by atoms with van der Waals surface area (Å²) >= 11 is 0. The Morgan fingerprint density at radius 3 is 2.25 bits per heavy atom. The second-order valence-corrected chi connectivity index (χ2v) is 9.81. The zero-order chi connectivity index (χ0) is 25.1. The van der Waals surface area contributed by atoms with Gasteiger partial charge in [-0.25, -0.2) is 4.39 Å². The van der Waals surface area contributed by atoms with Crippen LogP contribution in [0.15, 0.2) is 72.8 Å². The smallest absolute Gasteiger partial charge is 0.253 e. The fraction of sp³-hybridized carbons (Fsp3) is 0.333. The van der Waals surface area contributed by atoms with Crippen molar-refractivity contribution in [2.24, 2.45) is 0 Å². The molecule has 1 atom stereocenters. The molecule has 6 heteroatoms. The van der Waals surface area contributed by atoms with E-state index >= 15 is 0 Å². The molecule has 3 aromatic rings. The van der Waals surface area contributed by atoms with Crippen molar-refractivity contribution in [3.63, 3.8) is 0 Å². The number of nitrogens with zero attached hydrogens (tertiary/aromatic N) is 3. The molecule has 3 aromatic carbocycles. The number of halogens is 1. The van der Waals surface area contributed by atoms with Gasteiger partial charge in [0.25, 0.3) is 11.8 Å². The average Bonchev–Trinajstić information content (AvgIpc) is 2.93. The summed E-state index contributed by atoms with van der Waals surface area (Å²) < 4.78 is 14.2. The van der Waals surface area contributed by atoms with Gasteiger partial charge >= 0.3 is 0 Å². The van der Waals surface area contributed by atoms with E-state index in [0.717, 1.165) is 36.1 Å². The number of piperidine rings is 1. The molecule has 2 aliphatic heterocycles. The van der Waals surface area contributed by atoms with Crippen LogP contribution in [0.4, 0.5) is 10.1 Å². The Balaban J connectivity index is 1.23. The number of benzene rings is 3. The average molecular weight is 486 g/mol. The maximum absolute atomic E-state index is 14.2. The molecule has 2 heterocycles. The van der Waals surface area contributed by atoms with Crippen LogP contribution in [0.5, 0.6) is 0 Å². The molecule has 2 aliphatic rings. The van der Waals surface area contributed by atoms with Crippen LogP contribution in [0, 0.1) is 12.7 Å². The molecule has 0 N–H and O–H groups in total. The van der Waals surface area contributed by atoms with Gasteiger partial charge in [-0.2, -0.15) is 0 Å². The van der Waals surface area contributed by atoms with Gasteiger partial charge in [0.1, 0.15) is 5.82 Å². The predicted octanol–water partition coefficient (Wildman–Crippen LogP) is 5.12. The van der Waals surface area contributed by atoms with Crippen LogP contribution in [0.3, 0.4) is 0 Å². The summed E-state index contributed by atoms with van der Waals surface area (Å²) in [6.45, 7) is 5.75. The zero-order valence-electron chi connectivity index (χ0n) is 20.7. The Bertz CT molecular complexity index is 1230. The summed E-state index contributed by atoms with van der Waals surface area (Å²) in [6.07, 6.45) is 1.94. The van der Waals surface area contributed by atoms with E-state index in [1.807, 2.05) is 70.2 Å². The van der Waals surface area contributed by atoms with Gasteiger partial charge in [-0.3, -0.25) is 9.59 Å². The van der Waals surface area contributed by atoms with E-state index in [-0.39, 0.29) is 23.5 Å². The van der Waals surface area contributed by atoms with Crippen molar-refractivity contribution in [3.8, 4) is 0 Å². The second-order valence-electron chi connectivity index (χ2n) is 9.81. The van der Waals surface area contributed by atoms with Gasteiger partial charge in [0, 0.05) is 56.3 Å². The highest BCUT2D eigenvalue weighted by atomic mass is 19.1. The molecule has 5 rings (SSSR count). The number of hydrogen-bond donors (Lipinski definition) is 0. The van der Waals surface area contributed by atoms with Crippen LogP contribution in [0.25, 0.3) is 0 Å². The van der Waals surface area contributed by atoms with E-state index in [1.54, 1.807) is 12.1 Å². The van der Waals surface area contributed by atoms with Gasteiger partial charge in [-0.1, -0.05) is 42.0 Å². The molecule has 0 radical (unpaired) electrons. The monoisotopic (exact) mass is 485 g/mol. The lowest BCUT2D eigenvalue weighted by molar-refractivity contribution is 0.0704. The first-order valence-corrected chi connectivity index (χ1v) is 12.7. The summed E-state index contributed by atoms with van der Waals surface area (Å²) in [5, 5.41) is 0. The Labute approximate surface area is 212 Å². The van der Waals surface area contributed by atoms with Crippen molar-refractivity contribution in [1.82, 2.24) is 9.80 Å². The Morgan fingerprint density at radius 1 is 0.778 bits per heavy atom. The third-order valence-electron chi connectivity index (χ3n) is 7.37. The first-order valence-electron chi connectivity index (χ1n) is 12.7. The van der Waals surface area contributed by atoms with E-state index in [2.05, 4.69) is 6.07 Å². The van der Waals surface area contributed by atoms with Gasteiger partial charge in [-0.15, -0.1) is 0 Å².